The van der Waals surface area contributed by atoms with Crippen LogP contribution in [0.4, 0.5) is 0 Å². The van der Waals surface area contributed by atoms with Crippen molar-refractivity contribution < 1.29 is 24.0 Å². The number of amides is 2. The molecule has 0 saturated heterocycles. The van der Waals surface area contributed by atoms with Gasteiger partial charge in [-0.25, -0.2) is 0 Å². The summed E-state index contributed by atoms with van der Waals surface area (Å²) in [5.74, 6) is 1.50. The number of methoxy groups -OCH3 is 2. The topological polar surface area (TPSA) is 72.3 Å². The standard InChI is InChI=1S/C19H27N3O4/c1-21(11-18(23)20-15-4-5-15)12-19(24)22-7-6-13-8-16(25-2)17(26-3)9-14(13)10-22/h8-9,15H,4-7,10-12H2,1-3H3,(H,20,23)/p+1. The van der Waals surface area contributed by atoms with Gasteiger partial charge >= 0.3 is 0 Å². The van der Waals surface area contributed by atoms with Crippen molar-refractivity contribution in [3.05, 3.63) is 23.3 Å². The summed E-state index contributed by atoms with van der Waals surface area (Å²) in [6.45, 7) is 1.90. The minimum atomic E-state index is 0.0265. The molecule has 0 spiro atoms. The van der Waals surface area contributed by atoms with E-state index in [-0.39, 0.29) is 11.8 Å². The molecule has 2 amide bonds. The number of nitrogens with one attached hydrogen (secondary N) is 2. The molecule has 1 aliphatic carbocycles. The van der Waals surface area contributed by atoms with Gasteiger partial charge in [0.15, 0.2) is 24.6 Å². The van der Waals surface area contributed by atoms with Gasteiger partial charge in [-0.15, -0.1) is 0 Å². The Morgan fingerprint density at radius 1 is 1.15 bits per heavy atom. The van der Waals surface area contributed by atoms with E-state index in [1.165, 1.54) is 5.56 Å². The van der Waals surface area contributed by atoms with Crippen LogP contribution in [0.5, 0.6) is 11.5 Å². The largest absolute Gasteiger partial charge is 0.493 e. The number of nitrogens with zero attached hydrogens (tertiary/aromatic N) is 1. The van der Waals surface area contributed by atoms with Gasteiger partial charge in [-0.3, -0.25) is 9.59 Å². The summed E-state index contributed by atoms with van der Waals surface area (Å²) in [5, 5.41) is 2.96. The Balaban J connectivity index is 1.57. The third kappa shape index (κ3) is 4.46. The van der Waals surface area contributed by atoms with E-state index < -0.39 is 0 Å². The molecule has 142 valence electrons. The molecule has 1 aromatic rings. The van der Waals surface area contributed by atoms with Crippen LogP contribution in [-0.2, 0) is 22.6 Å². The van der Waals surface area contributed by atoms with Crippen LogP contribution >= 0.6 is 0 Å². The van der Waals surface area contributed by atoms with E-state index >= 15 is 0 Å². The van der Waals surface area contributed by atoms with E-state index in [0.717, 1.165) is 35.5 Å². The van der Waals surface area contributed by atoms with Gasteiger partial charge in [-0.2, -0.15) is 0 Å². The Morgan fingerprint density at radius 2 is 1.81 bits per heavy atom. The van der Waals surface area contributed by atoms with Gasteiger partial charge in [0.2, 0.25) is 0 Å². The molecule has 1 aliphatic heterocycles. The van der Waals surface area contributed by atoms with Crippen molar-refractivity contribution in [1.82, 2.24) is 10.2 Å². The van der Waals surface area contributed by atoms with Crippen molar-refractivity contribution in [3.63, 3.8) is 0 Å². The summed E-state index contributed by atoms with van der Waals surface area (Å²) < 4.78 is 10.7. The molecule has 0 radical (unpaired) electrons. The molecule has 1 aromatic carbocycles. The van der Waals surface area contributed by atoms with Crippen LogP contribution in [0.1, 0.15) is 24.0 Å². The highest BCUT2D eigenvalue weighted by Crippen LogP contribution is 2.33. The van der Waals surface area contributed by atoms with E-state index in [1.54, 1.807) is 14.2 Å². The number of likely N-dealkylation sites (N-methyl/N-ethyl adjacent to an activating group) is 1. The molecule has 1 fully saturated rings. The first kappa shape index (κ1) is 18.5. The maximum absolute atomic E-state index is 12.6. The summed E-state index contributed by atoms with van der Waals surface area (Å²) in [6, 6.07) is 4.31. The minimum absolute atomic E-state index is 0.0265. The van der Waals surface area contributed by atoms with E-state index in [9.17, 15) is 9.59 Å². The van der Waals surface area contributed by atoms with Crippen molar-refractivity contribution in [1.29, 1.82) is 0 Å². The summed E-state index contributed by atoms with van der Waals surface area (Å²) in [4.78, 5) is 27.3. The monoisotopic (exact) mass is 362 g/mol. The Kier molecular flexibility index (Phi) is 5.66. The SMILES string of the molecule is COc1cc2c(cc1OC)CN(C(=O)C[NH+](C)CC(=O)NC1CC1)CC2. The van der Waals surface area contributed by atoms with Gasteiger partial charge in [0.1, 0.15) is 0 Å². The highest BCUT2D eigenvalue weighted by Gasteiger charge is 2.27. The number of rotatable bonds is 7. The lowest BCUT2D eigenvalue weighted by Gasteiger charge is -2.30. The number of benzene rings is 1. The first-order valence-corrected chi connectivity index (χ1v) is 9.12. The first-order chi connectivity index (χ1) is 12.5. The molecule has 1 unspecified atom stereocenters. The smallest absolute Gasteiger partial charge is 0.278 e. The van der Waals surface area contributed by atoms with E-state index in [2.05, 4.69) is 5.32 Å². The van der Waals surface area contributed by atoms with Crippen molar-refractivity contribution in [2.75, 3.05) is 40.9 Å². The predicted octanol–water partition coefficient (Wildman–Crippen LogP) is -0.618. The van der Waals surface area contributed by atoms with Gasteiger partial charge in [0.25, 0.3) is 11.8 Å². The van der Waals surface area contributed by atoms with Crippen LogP contribution in [0.2, 0.25) is 0 Å². The molecule has 2 aliphatic rings. The average Bonchev–Trinajstić information content (AvgIpc) is 3.43. The van der Waals surface area contributed by atoms with Crippen molar-refractivity contribution >= 4 is 11.8 Å². The lowest BCUT2D eigenvalue weighted by molar-refractivity contribution is -0.863. The molecule has 7 nitrogen and oxygen atoms in total. The maximum atomic E-state index is 12.6. The molecular weight excluding hydrogens is 334 g/mol. The highest BCUT2D eigenvalue weighted by molar-refractivity contribution is 5.79. The second kappa shape index (κ2) is 7.95. The second-order valence-corrected chi connectivity index (χ2v) is 7.19. The van der Waals surface area contributed by atoms with Crippen LogP contribution in [0, 0.1) is 0 Å². The van der Waals surface area contributed by atoms with Crippen LogP contribution in [-0.4, -0.2) is 63.7 Å². The molecule has 1 atom stereocenters. The lowest BCUT2D eigenvalue weighted by atomic mass is 9.98. The van der Waals surface area contributed by atoms with E-state index in [1.807, 2.05) is 24.1 Å². The van der Waals surface area contributed by atoms with Gasteiger partial charge < -0.3 is 24.6 Å². The predicted molar refractivity (Wildman–Crippen MR) is 96.5 cm³/mol. The average molecular weight is 362 g/mol. The Hall–Kier alpha value is -2.28. The number of fused-ring (bicyclic) bond motifs is 1. The van der Waals surface area contributed by atoms with Gasteiger partial charge in [0.05, 0.1) is 21.3 Å². The fourth-order valence-corrected chi connectivity index (χ4v) is 3.31. The molecule has 0 bridgehead atoms. The maximum Gasteiger partial charge on any atom is 0.278 e. The van der Waals surface area contributed by atoms with E-state index in [0.29, 0.717) is 38.0 Å². The fourth-order valence-electron chi connectivity index (χ4n) is 3.31. The third-order valence-electron chi connectivity index (χ3n) is 4.93. The molecular formula is C19H28N3O4+. The Bertz CT molecular complexity index is 688. The molecule has 3 rings (SSSR count). The summed E-state index contributed by atoms with van der Waals surface area (Å²) >= 11 is 0. The van der Waals surface area contributed by atoms with Crippen LogP contribution in [0.3, 0.4) is 0 Å². The van der Waals surface area contributed by atoms with Gasteiger partial charge in [0, 0.05) is 19.1 Å². The van der Waals surface area contributed by atoms with Crippen molar-refractivity contribution in [2.45, 2.75) is 31.8 Å². The number of carbonyl (C=O) groups is 2. The van der Waals surface area contributed by atoms with E-state index in [4.69, 9.17) is 9.47 Å². The summed E-state index contributed by atoms with van der Waals surface area (Å²) in [5.41, 5.74) is 2.28. The molecule has 0 aromatic heterocycles. The van der Waals surface area contributed by atoms with Gasteiger partial charge in [-0.1, -0.05) is 0 Å². The zero-order chi connectivity index (χ0) is 18.7. The summed E-state index contributed by atoms with van der Waals surface area (Å²) in [7, 11) is 5.12. The fraction of sp³-hybridized carbons (Fsp3) is 0.579. The minimum Gasteiger partial charge on any atom is -0.493 e. The van der Waals surface area contributed by atoms with Crippen LogP contribution in [0.25, 0.3) is 0 Å². The molecule has 1 saturated carbocycles. The van der Waals surface area contributed by atoms with Gasteiger partial charge in [-0.05, 0) is 42.5 Å². The van der Waals surface area contributed by atoms with Crippen LogP contribution in [0.15, 0.2) is 12.1 Å². The Labute approximate surface area is 154 Å². The quantitative estimate of drug-likeness (QED) is 0.678. The molecule has 7 heteroatoms. The normalized spacial score (nSPS) is 17.3. The van der Waals surface area contributed by atoms with Crippen molar-refractivity contribution in [2.24, 2.45) is 0 Å². The molecule has 2 N–H and O–H groups in total. The van der Waals surface area contributed by atoms with Crippen LogP contribution < -0.4 is 19.7 Å². The molecule has 26 heavy (non-hydrogen) atoms. The summed E-state index contributed by atoms with van der Waals surface area (Å²) in [6.07, 6.45) is 2.94. The highest BCUT2D eigenvalue weighted by atomic mass is 16.5. The van der Waals surface area contributed by atoms with Crippen molar-refractivity contribution in [3.8, 4) is 11.5 Å². The number of hydrogen-bond donors (Lipinski definition) is 2. The second-order valence-electron chi connectivity index (χ2n) is 7.19. The Morgan fingerprint density at radius 3 is 2.42 bits per heavy atom. The number of quaternary nitrogens is 1. The molecule has 1 heterocycles. The number of carbonyl (C=O) groups excluding carboxylic acids is 2. The zero-order valence-electron chi connectivity index (χ0n) is 15.8. The lowest BCUT2D eigenvalue weighted by Crippen LogP contribution is -3.11. The number of ether oxygens (including phenoxy) is 2. The zero-order valence-corrected chi connectivity index (χ0v) is 15.8. The first-order valence-electron chi connectivity index (χ1n) is 9.12. The number of hydrogen-bond acceptors (Lipinski definition) is 4. The third-order valence-corrected chi connectivity index (χ3v) is 4.93.